The van der Waals surface area contributed by atoms with Crippen LogP contribution in [-0.4, -0.2) is 17.4 Å². The molecule has 0 aliphatic heterocycles. The Morgan fingerprint density at radius 2 is 2.31 bits per heavy atom. The summed E-state index contributed by atoms with van der Waals surface area (Å²) in [5.74, 6) is -0.886. The highest BCUT2D eigenvalue weighted by Gasteiger charge is 2.10. The van der Waals surface area contributed by atoms with Crippen LogP contribution in [-0.2, 0) is 0 Å². The average Bonchev–Trinajstić information content (AvgIpc) is 2.27. The van der Waals surface area contributed by atoms with Crippen molar-refractivity contribution < 1.29 is 9.18 Å². The van der Waals surface area contributed by atoms with Crippen molar-refractivity contribution in [1.29, 1.82) is 0 Å². The van der Waals surface area contributed by atoms with Gasteiger partial charge in [0.15, 0.2) is 0 Å². The molecule has 5 heteroatoms. The molecule has 1 amide bonds. The fourth-order valence-corrected chi connectivity index (χ4v) is 1.30. The molecule has 0 spiro atoms. The number of aromatic nitrogens is 1. The molecule has 0 bridgehead atoms. The van der Waals surface area contributed by atoms with Gasteiger partial charge < -0.3 is 11.1 Å². The van der Waals surface area contributed by atoms with Crippen molar-refractivity contribution in [2.75, 3.05) is 12.3 Å². The van der Waals surface area contributed by atoms with Crippen LogP contribution in [0.4, 0.5) is 10.2 Å². The molecule has 1 heterocycles. The molecule has 4 nitrogen and oxygen atoms in total. The maximum absolute atomic E-state index is 12.9. The summed E-state index contributed by atoms with van der Waals surface area (Å²) in [5, 5.41) is 2.68. The molecule has 0 radical (unpaired) electrons. The minimum absolute atomic E-state index is 0.0504. The molecule has 0 saturated heterocycles. The number of nitrogens with zero attached hydrogens (tertiary/aromatic N) is 1. The van der Waals surface area contributed by atoms with E-state index in [-0.39, 0.29) is 17.3 Å². The number of nitrogens with two attached hydrogens (primary N) is 1. The van der Waals surface area contributed by atoms with Gasteiger partial charge in [-0.25, -0.2) is 9.37 Å². The van der Waals surface area contributed by atoms with Gasteiger partial charge in [0.05, 0.1) is 11.8 Å². The monoisotopic (exact) mass is 225 g/mol. The molecule has 88 valence electrons. The number of carbonyl (C=O) groups is 1. The van der Waals surface area contributed by atoms with Crippen LogP contribution >= 0.6 is 0 Å². The van der Waals surface area contributed by atoms with E-state index in [0.29, 0.717) is 6.54 Å². The lowest BCUT2D eigenvalue weighted by Gasteiger charge is -2.06. The molecule has 0 fully saturated rings. The van der Waals surface area contributed by atoms with Gasteiger partial charge in [0.25, 0.3) is 5.91 Å². The molecule has 0 saturated carbocycles. The summed E-state index contributed by atoms with van der Waals surface area (Å²) in [5.41, 5.74) is 5.58. The zero-order chi connectivity index (χ0) is 12.0. The van der Waals surface area contributed by atoms with E-state index in [2.05, 4.69) is 17.2 Å². The van der Waals surface area contributed by atoms with Crippen molar-refractivity contribution in [3.8, 4) is 0 Å². The number of hydrogen-bond acceptors (Lipinski definition) is 3. The Labute approximate surface area is 94.1 Å². The van der Waals surface area contributed by atoms with Crippen molar-refractivity contribution >= 4 is 11.7 Å². The molecule has 1 aromatic heterocycles. The topological polar surface area (TPSA) is 68.0 Å². The van der Waals surface area contributed by atoms with E-state index < -0.39 is 5.82 Å². The molecule has 0 unspecified atom stereocenters. The van der Waals surface area contributed by atoms with E-state index in [9.17, 15) is 9.18 Å². The van der Waals surface area contributed by atoms with Gasteiger partial charge in [0, 0.05) is 6.54 Å². The zero-order valence-electron chi connectivity index (χ0n) is 9.29. The van der Waals surface area contributed by atoms with Gasteiger partial charge in [0.1, 0.15) is 11.6 Å². The lowest BCUT2D eigenvalue weighted by molar-refractivity contribution is 0.0953. The molecule has 16 heavy (non-hydrogen) atoms. The summed E-state index contributed by atoms with van der Waals surface area (Å²) in [7, 11) is 0. The highest BCUT2D eigenvalue weighted by Crippen LogP contribution is 2.09. The lowest BCUT2D eigenvalue weighted by Crippen LogP contribution is -2.25. The normalized spacial score (nSPS) is 10.1. The number of unbranched alkanes of at least 4 members (excludes halogenated alkanes) is 2. The second-order valence-corrected chi connectivity index (χ2v) is 3.55. The number of nitrogens with one attached hydrogen (secondary N) is 1. The first-order chi connectivity index (χ1) is 7.65. The number of nitrogen functional groups attached to an aromatic ring is 1. The summed E-state index contributed by atoms with van der Waals surface area (Å²) < 4.78 is 12.9. The van der Waals surface area contributed by atoms with Gasteiger partial charge in [-0.3, -0.25) is 4.79 Å². The highest BCUT2D eigenvalue weighted by atomic mass is 19.1. The molecule has 0 aliphatic rings. The summed E-state index contributed by atoms with van der Waals surface area (Å²) in [6.45, 7) is 2.65. The van der Waals surface area contributed by atoms with Gasteiger partial charge in [0.2, 0.25) is 0 Å². The van der Waals surface area contributed by atoms with E-state index in [1.54, 1.807) is 0 Å². The Bertz CT molecular complexity index is 368. The smallest absolute Gasteiger partial charge is 0.255 e. The molecule has 3 N–H and O–H groups in total. The lowest BCUT2D eigenvalue weighted by atomic mass is 10.2. The van der Waals surface area contributed by atoms with Gasteiger partial charge in [-0.15, -0.1) is 0 Å². The van der Waals surface area contributed by atoms with Crippen molar-refractivity contribution in [3.63, 3.8) is 0 Å². The van der Waals surface area contributed by atoms with Gasteiger partial charge >= 0.3 is 0 Å². The van der Waals surface area contributed by atoms with Crippen LogP contribution in [0.25, 0.3) is 0 Å². The predicted molar refractivity (Wildman–Crippen MR) is 60.5 cm³/mol. The van der Waals surface area contributed by atoms with Crippen LogP contribution in [0, 0.1) is 5.82 Å². The first-order valence-corrected chi connectivity index (χ1v) is 5.34. The van der Waals surface area contributed by atoms with E-state index in [1.165, 1.54) is 0 Å². The summed E-state index contributed by atoms with van der Waals surface area (Å²) in [6, 6.07) is 1.09. The number of hydrogen-bond donors (Lipinski definition) is 2. The number of halogens is 1. The first-order valence-electron chi connectivity index (χ1n) is 5.34. The molecule has 0 atom stereocenters. The van der Waals surface area contributed by atoms with Crippen molar-refractivity contribution in [2.24, 2.45) is 0 Å². The number of carbonyl (C=O) groups excluding carboxylic acids is 1. The quantitative estimate of drug-likeness (QED) is 0.750. The third kappa shape index (κ3) is 3.49. The Morgan fingerprint density at radius 1 is 1.56 bits per heavy atom. The summed E-state index contributed by atoms with van der Waals surface area (Å²) >= 11 is 0. The summed E-state index contributed by atoms with van der Waals surface area (Å²) in [6.07, 6.45) is 4.03. The van der Waals surface area contributed by atoms with Gasteiger partial charge in [-0.2, -0.15) is 0 Å². The van der Waals surface area contributed by atoms with Crippen LogP contribution in [0.1, 0.15) is 36.5 Å². The second kappa shape index (κ2) is 6.05. The fourth-order valence-electron chi connectivity index (χ4n) is 1.30. The number of anilines is 1. The molecule has 1 aromatic rings. The SMILES string of the molecule is CCCCCNC(=O)c1cc(F)cnc1N. The molecule has 0 aromatic carbocycles. The third-order valence-corrected chi connectivity index (χ3v) is 2.20. The van der Waals surface area contributed by atoms with Gasteiger partial charge in [-0.1, -0.05) is 19.8 Å². The second-order valence-electron chi connectivity index (χ2n) is 3.55. The molecule has 1 rings (SSSR count). The first kappa shape index (κ1) is 12.4. The van der Waals surface area contributed by atoms with E-state index >= 15 is 0 Å². The largest absolute Gasteiger partial charge is 0.383 e. The maximum Gasteiger partial charge on any atom is 0.255 e. The Morgan fingerprint density at radius 3 is 3.00 bits per heavy atom. The van der Waals surface area contributed by atoms with Crippen LogP contribution in [0.15, 0.2) is 12.3 Å². The highest BCUT2D eigenvalue weighted by molar-refractivity contribution is 5.98. The van der Waals surface area contributed by atoms with Crippen LogP contribution in [0.5, 0.6) is 0 Å². The molecule has 0 aliphatic carbocycles. The van der Waals surface area contributed by atoms with Gasteiger partial charge in [-0.05, 0) is 12.5 Å². The van der Waals surface area contributed by atoms with Crippen molar-refractivity contribution in [3.05, 3.63) is 23.6 Å². The molecular formula is C11H16FN3O. The number of rotatable bonds is 5. The average molecular weight is 225 g/mol. The van der Waals surface area contributed by atoms with E-state index in [1.807, 2.05) is 0 Å². The fraction of sp³-hybridized carbons (Fsp3) is 0.455. The Balaban J connectivity index is 2.55. The van der Waals surface area contributed by atoms with E-state index in [4.69, 9.17) is 5.73 Å². The zero-order valence-corrected chi connectivity index (χ0v) is 9.29. The van der Waals surface area contributed by atoms with Crippen LogP contribution in [0.3, 0.4) is 0 Å². The Hall–Kier alpha value is -1.65. The van der Waals surface area contributed by atoms with Crippen LogP contribution < -0.4 is 11.1 Å². The number of pyridine rings is 1. The standard InChI is InChI=1S/C11H16FN3O/c1-2-3-4-5-14-11(16)9-6-8(12)7-15-10(9)13/h6-7H,2-5H2,1H3,(H2,13,15)(H,14,16). The Kier molecular flexibility index (Phi) is 4.69. The molecular weight excluding hydrogens is 209 g/mol. The predicted octanol–water partition coefficient (Wildman–Crippen LogP) is 1.72. The minimum Gasteiger partial charge on any atom is -0.383 e. The van der Waals surface area contributed by atoms with Crippen LogP contribution in [0.2, 0.25) is 0 Å². The minimum atomic E-state index is -0.562. The van der Waals surface area contributed by atoms with E-state index in [0.717, 1.165) is 31.5 Å². The maximum atomic E-state index is 12.9. The van der Waals surface area contributed by atoms with Crippen molar-refractivity contribution in [2.45, 2.75) is 26.2 Å². The van der Waals surface area contributed by atoms with Crippen molar-refractivity contribution in [1.82, 2.24) is 10.3 Å². The summed E-state index contributed by atoms with van der Waals surface area (Å²) in [4.78, 5) is 15.2. The third-order valence-electron chi connectivity index (χ3n) is 2.20. The number of amides is 1.